The summed E-state index contributed by atoms with van der Waals surface area (Å²) in [6.07, 6.45) is -0.813. The minimum absolute atomic E-state index is 0.00771. The van der Waals surface area contributed by atoms with Gasteiger partial charge in [0.25, 0.3) is 5.56 Å². The van der Waals surface area contributed by atoms with Gasteiger partial charge in [-0.15, -0.1) is 0 Å². The lowest BCUT2D eigenvalue weighted by molar-refractivity contribution is 0.0587. The second-order valence-electron chi connectivity index (χ2n) is 6.16. The maximum absolute atomic E-state index is 12.4. The predicted molar refractivity (Wildman–Crippen MR) is 101 cm³/mol. The summed E-state index contributed by atoms with van der Waals surface area (Å²) < 4.78 is 11.5. The van der Waals surface area contributed by atoms with E-state index in [0.717, 1.165) is 22.3 Å². The third-order valence-corrected chi connectivity index (χ3v) is 4.49. The fourth-order valence-electron chi connectivity index (χ4n) is 2.66. The van der Waals surface area contributed by atoms with E-state index < -0.39 is 23.3 Å². The van der Waals surface area contributed by atoms with Gasteiger partial charge in [0.1, 0.15) is 12.2 Å². The Hall–Kier alpha value is -3.24. The topological polar surface area (TPSA) is 129 Å². The van der Waals surface area contributed by atoms with Crippen LogP contribution in [0.1, 0.15) is 33.9 Å². The Morgan fingerprint density at radius 1 is 1.31 bits per heavy atom. The maximum atomic E-state index is 12.4. The molecule has 0 aliphatic rings. The Morgan fingerprint density at radius 2 is 2.00 bits per heavy atom. The van der Waals surface area contributed by atoms with E-state index in [2.05, 4.69) is 14.9 Å². The van der Waals surface area contributed by atoms with E-state index in [0.29, 0.717) is 10.6 Å². The maximum Gasteiger partial charge on any atom is 0.355 e. The van der Waals surface area contributed by atoms with E-state index in [1.165, 1.54) is 7.05 Å². The minimum Gasteiger partial charge on any atom is -0.464 e. The van der Waals surface area contributed by atoms with Gasteiger partial charge < -0.3 is 14.4 Å². The zero-order chi connectivity index (χ0) is 21.1. The molecule has 0 fully saturated rings. The van der Waals surface area contributed by atoms with Gasteiger partial charge in [0.15, 0.2) is 5.82 Å². The molecule has 0 radical (unpaired) electrons. The van der Waals surface area contributed by atoms with E-state index in [1.807, 2.05) is 0 Å². The molecule has 3 aromatic rings. The molecule has 0 aliphatic heterocycles. The fourth-order valence-corrected chi connectivity index (χ4v) is 2.79. The van der Waals surface area contributed by atoms with Crippen LogP contribution in [0.4, 0.5) is 0 Å². The number of aromatic nitrogens is 4. The molecule has 0 spiro atoms. The molecule has 1 N–H and O–H groups in total. The third kappa shape index (κ3) is 4.44. The van der Waals surface area contributed by atoms with Crippen molar-refractivity contribution in [2.75, 3.05) is 7.11 Å². The summed E-state index contributed by atoms with van der Waals surface area (Å²) in [5, 5.41) is 14.6. The lowest BCUT2D eigenvalue weighted by Crippen LogP contribution is -2.41. The molecule has 10 nitrogen and oxygen atoms in total. The molecule has 0 aliphatic carbocycles. The number of aliphatic hydroxyl groups excluding tert-OH is 1. The number of aliphatic hydroxyl groups is 1. The molecule has 11 heteroatoms. The Labute approximate surface area is 168 Å². The first kappa shape index (κ1) is 20.5. The number of esters is 1. The molecule has 1 unspecified atom stereocenters. The normalized spacial score (nSPS) is 12.0. The van der Waals surface area contributed by atoms with E-state index >= 15 is 0 Å². The molecule has 0 saturated heterocycles. The molecular weight excluding hydrogens is 404 g/mol. The number of ether oxygens (including phenoxy) is 1. The van der Waals surface area contributed by atoms with Crippen molar-refractivity contribution in [3.63, 3.8) is 0 Å². The Bertz CT molecular complexity index is 1150. The van der Waals surface area contributed by atoms with Crippen molar-refractivity contribution in [2.45, 2.75) is 19.1 Å². The van der Waals surface area contributed by atoms with Gasteiger partial charge in [0.05, 0.1) is 13.2 Å². The van der Waals surface area contributed by atoms with Crippen LogP contribution in [0.15, 0.2) is 44.4 Å². The van der Waals surface area contributed by atoms with Crippen LogP contribution in [0.2, 0.25) is 5.02 Å². The van der Waals surface area contributed by atoms with Crippen molar-refractivity contribution < 1.29 is 19.2 Å². The first-order valence-corrected chi connectivity index (χ1v) is 8.82. The van der Waals surface area contributed by atoms with Gasteiger partial charge in [-0.1, -0.05) is 28.9 Å². The average molecular weight is 421 g/mol. The molecule has 1 atom stereocenters. The summed E-state index contributed by atoms with van der Waals surface area (Å²) in [7, 11) is 2.49. The van der Waals surface area contributed by atoms with Crippen LogP contribution >= 0.6 is 11.6 Å². The minimum atomic E-state index is -0.882. The number of halogens is 1. The van der Waals surface area contributed by atoms with Crippen LogP contribution in [0.3, 0.4) is 0 Å². The standard InChI is InChI=1S/C18H17ClN4O6/c1-22-12(17(26)28-2)7-16(25)23(18(22)27)9-15-20-14(21-29-15)8-13(24)10-3-5-11(19)6-4-10/h3-7,13,24H,8-9H2,1-2H3. The van der Waals surface area contributed by atoms with Gasteiger partial charge >= 0.3 is 11.7 Å². The number of benzene rings is 1. The molecular formula is C18H17ClN4O6. The molecule has 0 bridgehead atoms. The Balaban J connectivity index is 1.79. The highest BCUT2D eigenvalue weighted by atomic mass is 35.5. The number of hydrogen-bond acceptors (Lipinski definition) is 8. The Morgan fingerprint density at radius 3 is 2.66 bits per heavy atom. The summed E-state index contributed by atoms with van der Waals surface area (Å²) in [6.45, 7) is -0.281. The quantitative estimate of drug-likeness (QED) is 0.576. The summed E-state index contributed by atoms with van der Waals surface area (Å²) in [4.78, 5) is 40.4. The summed E-state index contributed by atoms with van der Waals surface area (Å²) >= 11 is 5.83. The molecule has 152 valence electrons. The van der Waals surface area contributed by atoms with E-state index in [9.17, 15) is 19.5 Å². The highest BCUT2D eigenvalue weighted by molar-refractivity contribution is 6.30. The summed E-state index contributed by atoms with van der Waals surface area (Å²) in [5.74, 6) is -0.586. The molecule has 0 saturated carbocycles. The highest BCUT2D eigenvalue weighted by Crippen LogP contribution is 2.19. The van der Waals surface area contributed by atoms with Crippen molar-refractivity contribution >= 4 is 17.6 Å². The van der Waals surface area contributed by atoms with Crippen LogP contribution < -0.4 is 11.2 Å². The second-order valence-corrected chi connectivity index (χ2v) is 6.60. The lowest BCUT2D eigenvalue weighted by atomic mass is 10.1. The number of carbonyl (C=O) groups excluding carboxylic acids is 1. The second kappa shape index (κ2) is 8.41. The average Bonchev–Trinajstić information content (AvgIpc) is 3.14. The predicted octanol–water partition coefficient (Wildman–Crippen LogP) is 0.694. The van der Waals surface area contributed by atoms with Crippen LogP contribution in [0.25, 0.3) is 0 Å². The lowest BCUT2D eigenvalue weighted by Gasteiger charge is -2.09. The number of hydrogen-bond donors (Lipinski definition) is 1. The first-order chi connectivity index (χ1) is 13.8. The number of nitrogens with zero attached hydrogens (tertiary/aromatic N) is 4. The monoisotopic (exact) mass is 420 g/mol. The van der Waals surface area contributed by atoms with Gasteiger partial charge in [-0.05, 0) is 17.7 Å². The van der Waals surface area contributed by atoms with E-state index in [4.69, 9.17) is 16.1 Å². The van der Waals surface area contributed by atoms with E-state index in [-0.39, 0.29) is 30.4 Å². The molecule has 0 amide bonds. The Kier molecular flexibility index (Phi) is 5.95. The number of rotatable bonds is 6. The van der Waals surface area contributed by atoms with Crippen LogP contribution in [-0.2, 0) is 24.8 Å². The van der Waals surface area contributed by atoms with Crippen LogP contribution in [-0.4, -0.2) is 37.5 Å². The smallest absolute Gasteiger partial charge is 0.355 e. The van der Waals surface area contributed by atoms with Gasteiger partial charge in [-0.25, -0.2) is 9.59 Å². The van der Waals surface area contributed by atoms with Crippen molar-refractivity contribution in [1.82, 2.24) is 19.3 Å². The molecule has 2 aromatic heterocycles. The van der Waals surface area contributed by atoms with Gasteiger partial charge in [0.2, 0.25) is 5.89 Å². The SMILES string of the molecule is COC(=O)c1cc(=O)n(Cc2nc(CC(O)c3ccc(Cl)cc3)no2)c(=O)n1C. The van der Waals surface area contributed by atoms with E-state index in [1.54, 1.807) is 24.3 Å². The fraction of sp³-hybridized carbons (Fsp3) is 0.278. The highest BCUT2D eigenvalue weighted by Gasteiger charge is 2.18. The van der Waals surface area contributed by atoms with Crippen molar-refractivity contribution in [3.05, 3.63) is 79.2 Å². The summed E-state index contributed by atoms with van der Waals surface area (Å²) in [6, 6.07) is 7.67. The van der Waals surface area contributed by atoms with Crippen molar-refractivity contribution in [2.24, 2.45) is 7.05 Å². The van der Waals surface area contributed by atoms with Crippen LogP contribution in [0.5, 0.6) is 0 Å². The zero-order valence-corrected chi connectivity index (χ0v) is 16.3. The largest absolute Gasteiger partial charge is 0.464 e. The number of methoxy groups -OCH3 is 1. The van der Waals surface area contributed by atoms with Crippen LogP contribution in [0, 0.1) is 0 Å². The molecule has 2 heterocycles. The third-order valence-electron chi connectivity index (χ3n) is 4.23. The molecule has 3 rings (SSSR count). The van der Waals surface area contributed by atoms with Gasteiger partial charge in [-0.3, -0.25) is 13.9 Å². The van der Waals surface area contributed by atoms with Gasteiger partial charge in [0, 0.05) is 24.6 Å². The zero-order valence-electron chi connectivity index (χ0n) is 15.5. The number of carbonyl (C=O) groups is 1. The van der Waals surface area contributed by atoms with Crippen molar-refractivity contribution in [1.29, 1.82) is 0 Å². The molecule has 1 aromatic carbocycles. The molecule has 29 heavy (non-hydrogen) atoms. The van der Waals surface area contributed by atoms with Crippen molar-refractivity contribution in [3.8, 4) is 0 Å². The van der Waals surface area contributed by atoms with Gasteiger partial charge in [-0.2, -0.15) is 4.98 Å². The summed E-state index contributed by atoms with van der Waals surface area (Å²) in [5.41, 5.74) is -0.992. The first-order valence-electron chi connectivity index (χ1n) is 8.44.